The first-order valence-corrected chi connectivity index (χ1v) is 7.15. The minimum atomic E-state index is -0.529. The molecular weight excluding hydrogens is 280 g/mol. The van der Waals surface area contributed by atoms with Gasteiger partial charge < -0.3 is 15.0 Å². The Bertz CT molecular complexity index is 672. The number of aryl methyl sites for hydroxylation is 1. The standard InChI is InChI=1S/C16H18N4O2/c1-11-7-18-12(8-17-11)9-19-16(21)15-10-20(2)13-5-3-4-6-14(13)22-15/h3-8,15H,9-10H2,1-2H3,(H,19,21). The molecule has 0 saturated carbocycles. The number of aromatic nitrogens is 2. The molecule has 1 atom stereocenters. The van der Waals surface area contributed by atoms with Crippen LogP contribution in [-0.4, -0.2) is 35.6 Å². The van der Waals surface area contributed by atoms with Crippen LogP contribution in [0.15, 0.2) is 36.7 Å². The number of hydrogen-bond donors (Lipinski definition) is 1. The second kappa shape index (κ2) is 6.01. The number of likely N-dealkylation sites (N-methyl/N-ethyl adjacent to an activating group) is 1. The topological polar surface area (TPSA) is 67.4 Å². The molecule has 2 aromatic rings. The second-order valence-corrected chi connectivity index (χ2v) is 5.32. The lowest BCUT2D eigenvalue weighted by molar-refractivity contribution is -0.128. The highest BCUT2D eigenvalue weighted by Crippen LogP contribution is 2.31. The first-order valence-electron chi connectivity index (χ1n) is 7.15. The van der Waals surface area contributed by atoms with Crippen molar-refractivity contribution < 1.29 is 9.53 Å². The van der Waals surface area contributed by atoms with Gasteiger partial charge in [-0.25, -0.2) is 0 Å². The molecule has 1 aliphatic rings. The van der Waals surface area contributed by atoms with Crippen molar-refractivity contribution in [3.8, 4) is 5.75 Å². The molecule has 0 aliphatic carbocycles. The summed E-state index contributed by atoms with van der Waals surface area (Å²) in [4.78, 5) is 22.7. The number of ether oxygens (including phenoxy) is 1. The lowest BCUT2D eigenvalue weighted by atomic mass is 10.2. The van der Waals surface area contributed by atoms with Gasteiger partial charge in [-0.1, -0.05) is 12.1 Å². The molecule has 1 unspecified atom stereocenters. The molecule has 0 bridgehead atoms. The maximum absolute atomic E-state index is 12.3. The molecule has 2 heterocycles. The van der Waals surface area contributed by atoms with Crippen LogP contribution in [0.2, 0.25) is 0 Å². The Morgan fingerprint density at radius 1 is 1.36 bits per heavy atom. The normalized spacial score (nSPS) is 16.6. The van der Waals surface area contributed by atoms with Crippen molar-refractivity contribution >= 4 is 11.6 Å². The van der Waals surface area contributed by atoms with Gasteiger partial charge in [0.05, 0.1) is 36.4 Å². The molecule has 6 nitrogen and oxygen atoms in total. The van der Waals surface area contributed by atoms with E-state index in [-0.39, 0.29) is 5.91 Å². The van der Waals surface area contributed by atoms with Crippen molar-refractivity contribution in [1.82, 2.24) is 15.3 Å². The Kier molecular flexibility index (Phi) is 3.91. The summed E-state index contributed by atoms with van der Waals surface area (Å²) in [6.07, 6.45) is 2.82. The van der Waals surface area contributed by atoms with Gasteiger partial charge >= 0.3 is 0 Å². The molecule has 1 aromatic heterocycles. The van der Waals surface area contributed by atoms with Gasteiger partial charge in [-0.2, -0.15) is 0 Å². The number of carbonyl (C=O) groups excluding carboxylic acids is 1. The molecule has 0 saturated heterocycles. The van der Waals surface area contributed by atoms with Crippen LogP contribution in [0.3, 0.4) is 0 Å². The largest absolute Gasteiger partial charge is 0.477 e. The Balaban J connectivity index is 1.63. The van der Waals surface area contributed by atoms with E-state index in [2.05, 4.69) is 15.3 Å². The number of carbonyl (C=O) groups is 1. The molecule has 3 rings (SSSR count). The van der Waals surface area contributed by atoms with Gasteiger partial charge in [0, 0.05) is 13.2 Å². The molecular formula is C16H18N4O2. The monoisotopic (exact) mass is 298 g/mol. The van der Waals surface area contributed by atoms with E-state index in [0.717, 1.165) is 22.8 Å². The highest BCUT2D eigenvalue weighted by atomic mass is 16.5. The van der Waals surface area contributed by atoms with Gasteiger partial charge in [0.25, 0.3) is 5.91 Å². The summed E-state index contributed by atoms with van der Waals surface area (Å²) in [6, 6.07) is 7.70. The summed E-state index contributed by atoms with van der Waals surface area (Å²) >= 11 is 0. The van der Waals surface area contributed by atoms with Crippen molar-refractivity contribution in [2.24, 2.45) is 0 Å². The maximum Gasteiger partial charge on any atom is 0.263 e. The van der Waals surface area contributed by atoms with Crippen molar-refractivity contribution in [2.45, 2.75) is 19.6 Å². The average Bonchev–Trinajstić information content (AvgIpc) is 2.54. The molecule has 6 heteroatoms. The van der Waals surface area contributed by atoms with Crippen LogP contribution in [0.1, 0.15) is 11.4 Å². The molecule has 1 aromatic carbocycles. The summed E-state index contributed by atoms with van der Waals surface area (Å²) in [5.74, 6) is 0.579. The minimum absolute atomic E-state index is 0.149. The predicted octanol–water partition coefficient (Wildman–Crippen LogP) is 1.30. The number of benzene rings is 1. The number of hydrogen-bond acceptors (Lipinski definition) is 5. The third-order valence-electron chi connectivity index (χ3n) is 3.56. The Hall–Kier alpha value is -2.63. The SMILES string of the molecule is Cc1cnc(CNC(=O)C2CN(C)c3ccccc3O2)cn1. The van der Waals surface area contributed by atoms with Gasteiger partial charge in [-0.15, -0.1) is 0 Å². The van der Waals surface area contributed by atoms with E-state index >= 15 is 0 Å². The van der Waals surface area contributed by atoms with Gasteiger partial charge in [0.1, 0.15) is 5.75 Å². The minimum Gasteiger partial charge on any atom is -0.477 e. The number of anilines is 1. The summed E-state index contributed by atoms with van der Waals surface area (Å²) in [5.41, 5.74) is 2.57. The molecule has 114 valence electrons. The Labute approximate surface area is 129 Å². The van der Waals surface area contributed by atoms with E-state index in [9.17, 15) is 4.79 Å². The van der Waals surface area contributed by atoms with Gasteiger partial charge in [0.15, 0.2) is 6.10 Å². The number of amides is 1. The van der Waals surface area contributed by atoms with E-state index in [1.165, 1.54) is 0 Å². The Morgan fingerprint density at radius 2 is 2.18 bits per heavy atom. The van der Waals surface area contributed by atoms with Gasteiger partial charge in [-0.3, -0.25) is 14.8 Å². The smallest absolute Gasteiger partial charge is 0.263 e. The Morgan fingerprint density at radius 3 is 2.95 bits per heavy atom. The third-order valence-corrected chi connectivity index (χ3v) is 3.56. The zero-order valence-electron chi connectivity index (χ0n) is 12.6. The van der Waals surface area contributed by atoms with Crippen LogP contribution < -0.4 is 15.0 Å². The summed E-state index contributed by atoms with van der Waals surface area (Å²) < 4.78 is 5.78. The lowest BCUT2D eigenvalue weighted by Crippen LogP contribution is -2.47. The first kappa shape index (κ1) is 14.3. The number of rotatable bonds is 3. The van der Waals surface area contributed by atoms with E-state index < -0.39 is 6.10 Å². The van der Waals surface area contributed by atoms with Crippen LogP contribution in [0, 0.1) is 6.92 Å². The quantitative estimate of drug-likeness (QED) is 0.925. The molecule has 0 spiro atoms. The molecule has 1 amide bonds. The predicted molar refractivity (Wildman–Crippen MR) is 82.7 cm³/mol. The fourth-order valence-corrected chi connectivity index (χ4v) is 2.35. The summed E-state index contributed by atoms with van der Waals surface area (Å²) in [6.45, 7) is 2.73. The molecule has 22 heavy (non-hydrogen) atoms. The van der Waals surface area contributed by atoms with Gasteiger partial charge in [0.2, 0.25) is 0 Å². The van der Waals surface area contributed by atoms with Crippen LogP contribution in [0.5, 0.6) is 5.75 Å². The van der Waals surface area contributed by atoms with Gasteiger partial charge in [-0.05, 0) is 19.1 Å². The highest BCUT2D eigenvalue weighted by molar-refractivity contribution is 5.83. The average molecular weight is 298 g/mol. The number of para-hydroxylation sites is 2. The zero-order valence-corrected chi connectivity index (χ0v) is 12.6. The van der Waals surface area contributed by atoms with Crippen molar-refractivity contribution in [3.63, 3.8) is 0 Å². The van der Waals surface area contributed by atoms with E-state index in [1.54, 1.807) is 12.4 Å². The molecule has 0 fully saturated rings. The summed E-state index contributed by atoms with van der Waals surface area (Å²) in [7, 11) is 1.95. The van der Waals surface area contributed by atoms with E-state index in [4.69, 9.17) is 4.74 Å². The fourth-order valence-electron chi connectivity index (χ4n) is 2.35. The van der Waals surface area contributed by atoms with Crippen LogP contribution in [0.4, 0.5) is 5.69 Å². The zero-order chi connectivity index (χ0) is 15.5. The molecule has 1 aliphatic heterocycles. The highest BCUT2D eigenvalue weighted by Gasteiger charge is 2.28. The van der Waals surface area contributed by atoms with Crippen LogP contribution >= 0.6 is 0 Å². The van der Waals surface area contributed by atoms with Crippen LogP contribution in [0.25, 0.3) is 0 Å². The van der Waals surface area contributed by atoms with E-state index in [0.29, 0.717) is 13.1 Å². The third kappa shape index (κ3) is 3.00. The van der Waals surface area contributed by atoms with Crippen molar-refractivity contribution in [2.75, 3.05) is 18.5 Å². The molecule has 1 N–H and O–H groups in total. The number of fused-ring (bicyclic) bond motifs is 1. The van der Waals surface area contributed by atoms with Crippen LogP contribution in [-0.2, 0) is 11.3 Å². The van der Waals surface area contributed by atoms with Crippen molar-refractivity contribution in [1.29, 1.82) is 0 Å². The fraction of sp³-hybridized carbons (Fsp3) is 0.312. The van der Waals surface area contributed by atoms with Crippen molar-refractivity contribution in [3.05, 3.63) is 48.0 Å². The number of nitrogens with one attached hydrogen (secondary N) is 1. The molecule has 0 radical (unpaired) electrons. The second-order valence-electron chi connectivity index (χ2n) is 5.32. The van der Waals surface area contributed by atoms with E-state index in [1.807, 2.05) is 43.1 Å². The summed E-state index contributed by atoms with van der Waals surface area (Å²) in [5, 5.41) is 2.85. The number of nitrogens with zero attached hydrogens (tertiary/aromatic N) is 3. The first-order chi connectivity index (χ1) is 10.6. The maximum atomic E-state index is 12.3. The lowest BCUT2D eigenvalue weighted by Gasteiger charge is -2.32.